The van der Waals surface area contributed by atoms with Crippen molar-refractivity contribution in [2.45, 2.75) is 12.3 Å². The maximum Gasteiger partial charge on any atom is 0.239 e. The Hall–Kier alpha value is -2.86. The minimum absolute atomic E-state index is 0.134. The Bertz CT molecular complexity index is 1030. The number of hydrogen-bond acceptors (Lipinski definition) is 4. The summed E-state index contributed by atoms with van der Waals surface area (Å²) in [4.78, 5) is 21.7. The number of anilines is 1. The van der Waals surface area contributed by atoms with Crippen LogP contribution in [0.25, 0.3) is 11.5 Å². The van der Waals surface area contributed by atoms with E-state index in [1.54, 1.807) is 31.6 Å². The number of nitrogens with zero attached hydrogens (tertiary/aromatic N) is 3. The van der Waals surface area contributed by atoms with Crippen LogP contribution in [0, 0.1) is 0 Å². The predicted molar refractivity (Wildman–Crippen MR) is 99.5 cm³/mol. The number of rotatable bonds is 3. The molecule has 3 heterocycles. The topological polar surface area (TPSA) is 69.0 Å². The Kier molecular flexibility index (Phi) is 3.73. The van der Waals surface area contributed by atoms with Gasteiger partial charge in [-0.05, 0) is 30.7 Å². The van der Waals surface area contributed by atoms with Gasteiger partial charge in [-0.3, -0.25) is 4.79 Å². The third-order valence-electron chi connectivity index (χ3n) is 4.90. The summed E-state index contributed by atoms with van der Waals surface area (Å²) in [7, 11) is 3.47. The number of carbonyl (C=O) groups excluding carboxylic acids is 1. The number of imidazole rings is 1. The van der Waals surface area contributed by atoms with E-state index in [2.05, 4.69) is 15.3 Å². The normalized spacial score (nSPS) is 18.5. The Morgan fingerprint density at radius 1 is 1.23 bits per heavy atom. The van der Waals surface area contributed by atoms with Crippen LogP contribution in [-0.2, 0) is 17.3 Å². The number of amides is 1. The maximum absolute atomic E-state index is 12.9. The number of aryl methyl sites for hydroxylation is 1. The molecule has 132 valence electrons. The zero-order valence-electron chi connectivity index (χ0n) is 14.6. The van der Waals surface area contributed by atoms with Crippen molar-refractivity contribution in [2.24, 2.45) is 7.05 Å². The van der Waals surface area contributed by atoms with Gasteiger partial charge in [0.1, 0.15) is 16.9 Å². The highest BCUT2D eigenvalue weighted by atomic mass is 35.5. The van der Waals surface area contributed by atoms with E-state index in [-0.39, 0.29) is 5.91 Å². The van der Waals surface area contributed by atoms with E-state index in [1.807, 2.05) is 36.9 Å². The van der Waals surface area contributed by atoms with Crippen LogP contribution in [0.4, 0.5) is 5.69 Å². The van der Waals surface area contributed by atoms with Crippen LogP contribution in [0.5, 0.6) is 5.75 Å². The Morgan fingerprint density at radius 3 is 2.73 bits per heavy atom. The molecule has 0 fully saturated rings. The lowest BCUT2D eigenvalue weighted by Gasteiger charge is -2.25. The van der Waals surface area contributed by atoms with Crippen molar-refractivity contribution in [1.29, 1.82) is 0 Å². The van der Waals surface area contributed by atoms with Crippen LogP contribution in [0.1, 0.15) is 18.1 Å². The highest BCUT2D eigenvalue weighted by Crippen LogP contribution is 2.46. The summed E-state index contributed by atoms with van der Waals surface area (Å²) >= 11 is 6.08. The molecule has 0 saturated heterocycles. The second-order valence-corrected chi connectivity index (χ2v) is 6.84. The van der Waals surface area contributed by atoms with E-state index in [0.717, 1.165) is 11.1 Å². The molecule has 7 heteroatoms. The Labute approximate surface area is 155 Å². The molecule has 1 N–H and O–H groups in total. The molecular formula is C19H17ClN4O2. The number of carbonyl (C=O) groups is 1. The third kappa shape index (κ3) is 2.29. The number of halogens is 1. The molecule has 1 amide bonds. The van der Waals surface area contributed by atoms with Crippen molar-refractivity contribution in [2.75, 3.05) is 12.4 Å². The summed E-state index contributed by atoms with van der Waals surface area (Å²) < 4.78 is 7.40. The van der Waals surface area contributed by atoms with Crippen LogP contribution in [0.2, 0.25) is 5.02 Å². The molecule has 1 aliphatic heterocycles. The van der Waals surface area contributed by atoms with Crippen molar-refractivity contribution >= 4 is 23.2 Å². The lowest BCUT2D eigenvalue weighted by atomic mass is 9.77. The minimum atomic E-state index is -0.923. The first-order valence-corrected chi connectivity index (χ1v) is 8.46. The average molecular weight is 369 g/mol. The van der Waals surface area contributed by atoms with Crippen molar-refractivity contribution in [3.63, 3.8) is 0 Å². The molecule has 0 bridgehead atoms. The second kappa shape index (κ2) is 5.85. The minimum Gasteiger partial charge on any atom is -0.495 e. The predicted octanol–water partition coefficient (Wildman–Crippen LogP) is 3.40. The van der Waals surface area contributed by atoms with Crippen LogP contribution in [-0.4, -0.2) is 27.6 Å². The monoisotopic (exact) mass is 368 g/mol. The van der Waals surface area contributed by atoms with E-state index < -0.39 is 5.41 Å². The Balaban J connectivity index is 1.95. The zero-order valence-corrected chi connectivity index (χ0v) is 15.3. The van der Waals surface area contributed by atoms with Crippen molar-refractivity contribution in [3.05, 3.63) is 59.0 Å². The maximum atomic E-state index is 12.9. The van der Waals surface area contributed by atoms with Crippen LogP contribution in [0.15, 0.2) is 42.9 Å². The summed E-state index contributed by atoms with van der Waals surface area (Å²) in [6.07, 6.45) is 5.19. The van der Waals surface area contributed by atoms with Gasteiger partial charge in [0.05, 0.1) is 13.3 Å². The summed E-state index contributed by atoms with van der Waals surface area (Å²) in [6.45, 7) is 1.88. The SMILES string of the molecule is COc1cnc(-c2nccn2C)cc1C1(C)C(=O)Nc2cc(Cl)ccc21. The van der Waals surface area contributed by atoms with E-state index in [4.69, 9.17) is 16.3 Å². The first-order valence-electron chi connectivity index (χ1n) is 8.09. The first kappa shape index (κ1) is 16.6. The number of ether oxygens (including phenoxy) is 1. The molecule has 3 aromatic rings. The van der Waals surface area contributed by atoms with Gasteiger partial charge in [-0.2, -0.15) is 0 Å². The van der Waals surface area contributed by atoms with Gasteiger partial charge in [-0.25, -0.2) is 9.97 Å². The van der Waals surface area contributed by atoms with Gasteiger partial charge < -0.3 is 14.6 Å². The van der Waals surface area contributed by atoms with Crippen molar-refractivity contribution in [1.82, 2.24) is 14.5 Å². The fourth-order valence-corrected chi connectivity index (χ4v) is 3.60. The summed E-state index contributed by atoms with van der Waals surface area (Å²) in [5, 5.41) is 3.50. The van der Waals surface area contributed by atoms with Gasteiger partial charge in [0.2, 0.25) is 5.91 Å². The fourth-order valence-electron chi connectivity index (χ4n) is 3.42. The van der Waals surface area contributed by atoms with E-state index in [0.29, 0.717) is 28.0 Å². The standard InChI is InChI=1S/C19H17ClN4O2/c1-19(12-5-4-11(20)8-14(12)23-18(19)25)13-9-15(22-10-16(13)26-3)17-21-6-7-24(17)2/h4-10H,1-3H3,(H,23,25). The van der Waals surface area contributed by atoms with Gasteiger partial charge >= 0.3 is 0 Å². The number of aromatic nitrogens is 3. The van der Waals surface area contributed by atoms with Crippen LogP contribution >= 0.6 is 11.6 Å². The summed E-state index contributed by atoms with van der Waals surface area (Å²) in [5.41, 5.74) is 2.04. The number of fused-ring (bicyclic) bond motifs is 1. The molecule has 0 spiro atoms. The third-order valence-corrected chi connectivity index (χ3v) is 5.13. The van der Waals surface area contributed by atoms with E-state index in [9.17, 15) is 4.79 Å². The van der Waals surface area contributed by atoms with E-state index >= 15 is 0 Å². The largest absolute Gasteiger partial charge is 0.495 e. The molecule has 0 saturated carbocycles. The molecule has 0 aliphatic carbocycles. The highest BCUT2D eigenvalue weighted by molar-refractivity contribution is 6.31. The zero-order chi connectivity index (χ0) is 18.5. The quantitative estimate of drug-likeness (QED) is 0.769. The smallest absolute Gasteiger partial charge is 0.239 e. The Morgan fingerprint density at radius 2 is 2.04 bits per heavy atom. The fraction of sp³-hybridized carbons (Fsp3) is 0.211. The number of nitrogens with one attached hydrogen (secondary N) is 1. The molecule has 1 atom stereocenters. The number of pyridine rings is 1. The van der Waals surface area contributed by atoms with Gasteiger partial charge in [-0.1, -0.05) is 17.7 Å². The van der Waals surface area contributed by atoms with Crippen LogP contribution < -0.4 is 10.1 Å². The highest BCUT2D eigenvalue weighted by Gasteiger charge is 2.46. The lowest BCUT2D eigenvalue weighted by Crippen LogP contribution is -2.33. The number of methoxy groups -OCH3 is 1. The van der Waals surface area contributed by atoms with Gasteiger partial charge in [-0.15, -0.1) is 0 Å². The summed E-state index contributed by atoms with van der Waals surface area (Å²) in [5.74, 6) is 1.13. The molecule has 1 aliphatic rings. The van der Waals surface area contributed by atoms with Gasteiger partial charge in [0, 0.05) is 35.7 Å². The summed E-state index contributed by atoms with van der Waals surface area (Å²) in [6, 6.07) is 7.28. The molecular weight excluding hydrogens is 352 g/mol. The average Bonchev–Trinajstić information content (AvgIpc) is 3.16. The van der Waals surface area contributed by atoms with Crippen LogP contribution in [0.3, 0.4) is 0 Å². The lowest BCUT2D eigenvalue weighted by molar-refractivity contribution is -0.119. The molecule has 1 aromatic carbocycles. The molecule has 1 unspecified atom stereocenters. The van der Waals surface area contributed by atoms with Gasteiger partial charge in [0.25, 0.3) is 0 Å². The molecule has 2 aromatic heterocycles. The second-order valence-electron chi connectivity index (χ2n) is 6.40. The van der Waals surface area contributed by atoms with Gasteiger partial charge in [0.15, 0.2) is 5.82 Å². The molecule has 26 heavy (non-hydrogen) atoms. The molecule has 0 radical (unpaired) electrons. The first-order chi connectivity index (χ1) is 12.4. The molecule has 6 nitrogen and oxygen atoms in total. The van der Waals surface area contributed by atoms with E-state index in [1.165, 1.54) is 0 Å². The number of benzene rings is 1. The van der Waals surface area contributed by atoms with Crippen molar-refractivity contribution in [3.8, 4) is 17.3 Å². The number of hydrogen-bond donors (Lipinski definition) is 1. The molecule has 4 rings (SSSR count). The van der Waals surface area contributed by atoms with Crippen molar-refractivity contribution < 1.29 is 9.53 Å².